The maximum atomic E-state index is 11.7. The Morgan fingerprint density at radius 2 is 1.65 bits per heavy atom. The van der Waals surface area contributed by atoms with Crippen LogP contribution in [0, 0.1) is 5.92 Å². The van der Waals surface area contributed by atoms with Crippen LogP contribution in [0.15, 0.2) is 24.3 Å². The molecule has 0 aromatic heterocycles. The van der Waals surface area contributed by atoms with Gasteiger partial charge in [0, 0.05) is 20.0 Å². The van der Waals surface area contributed by atoms with Crippen molar-refractivity contribution < 1.29 is 11.0 Å². The summed E-state index contributed by atoms with van der Waals surface area (Å²) >= 11 is 0. The highest BCUT2D eigenvalue weighted by molar-refractivity contribution is 5.94. The van der Waals surface area contributed by atoms with Crippen molar-refractivity contribution in [2.45, 2.75) is 73.3 Å². The molecule has 0 atom stereocenters. The lowest BCUT2D eigenvalue weighted by molar-refractivity contribution is -0.121. The first-order valence-corrected chi connectivity index (χ1v) is 8.85. The van der Waals surface area contributed by atoms with E-state index >= 15 is 0 Å². The highest BCUT2D eigenvalue weighted by Gasteiger charge is 2.03. The van der Waals surface area contributed by atoms with E-state index in [1.165, 1.54) is 12.8 Å². The average Bonchev–Trinajstić information content (AvgIpc) is 2.54. The van der Waals surface area contributed by atoms with Gasteiger partial charge in [-0.2, -0.15) is 0 Å². The molecule has 0 aliphatic carbocycles. The zero-order chi connectivity index (χ0) is 17.7. The van der Waals surface area contributed by atoms with Crippen molar-refractivity contribution in [3.63, 3.8) is 0 Å². The van der Waals surface area contributed by atoms with E-state index in [4.69, 9.17) is 0 Å². The fourth-order valence-electron chi connectivity index (χ4n) is 2.16. The third-order valence-electron chi connectivity index (χ3n) is 3.54. The smallest absolute Gasteiger partial charge is 0.220 e. The van der Waals surface area contributed by atoms with Crippen molar-refractivity contribution in [1.82, 2.24) is 5.32 Å². The monoisotopic (exact) mass is 321 g/mol. The van der Waals surface area contributed by atoms with Crippen LogP contribution in [0.5, 0.6) is 0 Å². The first-order valence-electron chi connectivity index (χ1n) is 8.85. The minimum Gasteiger partial charge on any atom is -0.352 e. The molecule has 0 fully saturated rings. The van der Waals surface area contributed by atoms with E-state index in [0.29, 0.717) is 18.5 Å². The summed E-state index contributed by atoms with van der Waals surface area (Å²) in [4.78, 5) is 22.9. The third-order valence-corrected chi connectivity index (χ3v) is 3.54. The molecule has 0 unspecified atom stereocenters. The number of amides is 1. The van der Waals surface area contributed by atoms with Gasteiger partial charge < -0.3 is 5.32 Å². The van der Waals surface area contributed by atoms with E-state index in [9.17, 15) is 9.59 Å². The number of unbranched alkanes of at least 4 members (excludes halogenated alkanes) is 2. The van der Waals surface area contributed by atoms with E-state index in [-0.39, 0.29) is 13.1 Å². The lowest BCUT2D eigenvalue weighted by Gasteiger charge is -2.07. The number of hydrogen-bond acceptors (Lipinski definition) is 2. The van der Waals surface area contributed by atoms with Crippen LogP contribution in [0.4, 0.5) is 0 Å². The molecule has 1 aromatic carbocycles. The molecule has 1 aromatic rings. The second-order valence-electron chi connectivity index (χ2n) is 6.02. The van der Waals surface area contributed by atoms with Crippen molar-refractivity contribution in [1.29, 1.82) is 0 Å². The summed E-state index contributed by atoms with van der Waals surface area (Å²) in [6.45, 7) is 10.5. The van der Waals surface area contributed by atoms with E-state index in [1.807, 2.05) is 26.0 Å². The van der Waals surface area contributed by atoms with Gasteiger partial charge in [-0.15, -0.1) is 0 Å². The molecule has 0 aliphatic rings. The first-order chi connectivity index (χ1) is 11.0. The van der Waals surface area contributed by atoms with Gasteiger partial charge in [-0.25, -0.2) is 0 Å². The second-order valence-corrected chi connectivity index (χ2v) is 6.02. The highest BCUT2D eigenvalue weighted by atomic mass is 16.1. The van der Waals surface area contributed by atoms with Gasteiger partial charge in [0.2, 0.25) is 5.91 Å². The van der Waals surface area contributed by atoms with Crippen molar-refractivity contribution in [2.75, 3.05) is 0 Å². The SMILES string of the molecule is CC.CC(=O)c1ccc(CNC(=O)CCCCCC(C)C)cc1.[HH]. The van der Waals surface area contributed by atoms with E-state index in [1.54, 1.807) is 19.1 Å². The molecule has 132 valence electrons. The van der Waals surface area contributed by atoms with Gasteiger partial charge in [-0.05, 0) is 24.8 Å². The number of hydrogen-bond donors (Lipinski definition) is 1. The fourth-order valence-corrected chi connectivity index (χ4v) is 2.16. The Labute approximate surface area is 143 Å². The summed E-state index contributed by atoms with van der Waals surface area (Å²) < 4.78 is 0. The van der Waals surface area contributed by atoms with Crippen molar-refractivity contribution in [2.24, 2.45) is 5.92 Å². The summed E-state index contributed by atoms with van der Waals surface area (Å²) in [7, 11) is 0. The molecule has 3 heteroatoms. The Hall–Kier alpha value is -1.64. The molecule has 0 aliphatic heterocycles. The van der Waals surface area contributed by atoms with Crippen LogP contribution in [-0.4, -0.2) is 11.7 Å². The standard InChI is InChI=1S/C18H27NO2.C2H6.H2/c1-14(2)7-5-4-6-8-18(21)19-13-16-9-11-17(12-10-16)15(3)20;1-2;/h9-12,14H,4-8,13H2,1-3H3,(H,19,21);1-2H3;1H. The summed E-state index contributed by atoms with van der Waals surface area (Å²) in [6.07, 6.45) is 5.13. The fraction of sp³-hybridized carbons (Fsp3) is 0.600. The average molecular weight is 322 g/mol. The molecule has 0 bridgehead atoms. The molecule has 3 nitrogen and oxygen atoms in total. The van der Waals surface area contributed by atoms with Crippen LogP contribution < -0.4 is 5.32 Å². The molecule has 0 saturated carbocycles. The number of Topliss-reactive ketones (excluding diaryl/α,β-unsaturated/α-hetero) is 1. The maximum Gasteiger partial charge on any atom is 0.220 e. The van der Waals surface area contributed by atoms with Crippen LogP contribution in [0.3, 0.4) is 0 Å². The molecule has 1 rings (SSSR count). The van der Waals surface area contributed by atoms with Crippen molar-refractivity contribution in [3.05, 3.63) is 35.4 Å². The van der Waals surface area contributed by atoms with Gasteiger partial charge in [0.15, 0.2) is 5.78 Å². The maximum absolute atomic E-state index is 11.7. The lowest BCUT2D eigenvalue weighted by Crippen LogP contribution is -2.22. The predicted octanol–water partition coefficient (Wildman–Crippen LogP) is 5.38. The molecule has 0 saturated heterocycles. The zero-order valence-corrected chi connectivity index (χ0v) is 15.4. The number of carbonyl (C=O) groups excluding carboxylic acids is 2. The number of nitrogens with one attached hydrogen (secondary N) is 1. The van der Waals surface area contributed by atoms with Crippen LogP contribution in [0.1, 0.15) is 84.1 Å². The number of carbonyl (C=O) groups is 2. The third kappa shape index (κ3) is 10.7. The number of ketones is 1. The van der Waals surface area contributed by atoms with E-state index < -0.39 is 0 Å². The summed E-state index contributed by atoms with van der Waals surface area (Å²) in [5.41, 5.74) is 1.73. The molecule has 1 N–H and O–H groups in total. The Balaban J connectivity index is 0. The van der Waals surface area contributed by atoms with Gasteiger partial charge >= 0.3 is 0 Å². The topological polar surface area (TPSA) is 46.2 Å². The van der Waals surface area contributed by atoms with Crippen molar-refractivity contribution >= 4 is 11.7 Å². The number of rotatable bonds is 9. The molecule has 0 radical (unpaired) electrons. The minimum atomic E-state index is 0. The Kier molecular flexibility index (Phi) is 11.9. The van der Waals surface area contributed by atoms with Crippen molar-refractivity contribution in [3.8, 4) is 0 Å². The Bertz CT molecular complexity index is 455. The van der Waals surface area contributed by atoms with E-state index in [0.717, 1.165) is 24.3 Å². The van der Waals surface area contributed by atoms with Gasteiger partial charge in [0.25, 0.3) is 0 Å². The van der Waals surface area contributed by atoms with Gasteiger partial charge in [-0.3, -0.25) is 9.59 Å². The highest BCUT2D eigenvalue weighted by Crippen LogP contribution is 2.09. The Morgan fingerprint density at radius 1 is 1.04 bits per heavy atom. The van der Waals surface area contributed by atoms with Crippen LogP contribution in [0.2, 0.25) is 0 Å². The molecular formula is C20H35NO2. The molecule has 1 amide bonds. The van der Waals surface area contributed by atoms with Crippen LogP contribution in [0.25, 0.3) is 0 Å². The van der Waals surface area contributed by atoms with Gasteiger partial charge in [0.05, 0.1) is 0 Å². The first kappa shape index (κ1) is 21.4. The summed E-state index contributed by atoms with van der Waals surface area (Å²) in [6, 6.07) is 7.38. The minimum absolute atomic E-state index is 0. The Morgan fingerprint density at radius 3 is 2.17 bits per heavy atom. The quantitative estimate of drug-likeness (QED) is 0.490. The largest absolute Gasteiger partial charge is 0.352 e. The van der Waals surface area contributed by atoms with E-state index in [2.05, 4.69) is 19.2 Å². The zero-order valence-electron chi connectivity index (χ0n) is 15.4. The van der Waals surface area contributed by atoms with Gasteiger partial charge in [-0.1, -0.05) is 71.2 Å². The summed E-state index contributed by atoms with van der Waals surface area (Å²) in [5.74, 6) is 0.916. The van der Waals surface area contributed by atoms with Crippen LogP contribution in [-0.2, 0) is 11.3 Å². The summed E-state index contributed by atoms with van der Waals surface area (Å²) in [5, 5.41) is 2.92. The normalized spacial score (nSPS) is 10.0. The molecule has 0 spiro atoms. The molecule has 23 heavy (non-hydrogen) atoms. The number of benzene rings is 1. The lowest BCUT2D eigenvalue weighted by atomic mass is 10.0. The van der Waals surface area contributed by atoms with Gasteiger partial charge in [0.1, 0.15) is 0 Å². The van der Waals surface area contributed by atoms with Crippen LogP contribution >= 0.6 is 0 Å². The second kappa shape index (κ2) is 12.9. The molecular weight excluding hydrogens is 286 g/mol. The molecule has 0 heterocycles. The predicted molar refractivity (Wildman–Crippen MR) is 99.7 cm³/mol.